The maximum atomic E-state index is 13.9. The first kappa shape index (κ1) is 30.9. The molecule has 0 aliphatic carbocycles. The second kappa shape index (κ2) is 13.8. The molecule has 0 bridgehead atoms. The average Bonchev–Trinajstić information content (AvgIpc) is 3.67. The number of epoxide rings is 1. The van der Waals surface area contributed by atoms with Crippen molar-refractivity contribution in [1.29, 1.82) is 0 Å². The van der Waals surface area contributed by atoms with Gasteiger partial charge in [-0.05, 0) is 53.8 Å². The normalized spacial score (nSPS) is 17.6. The number of ether oxygens (including phenoxy) is 2. The Balaban J connectivity index is 1.31. The zero-order valence-electron chi connectivity index (χ0n) is 24.6. The molecule has 1 aliphatic heterocycles. The van der Waals surface area contributed by atoms with Crippen LogP contribution >= 0.6 is 11.3 Å². The second-order valence-corrected chi connectivity index (χ2v) is 12.0. The molecule has 0 radical (unpaired) electrons. The summed E-state index contributed by atoms with van der Waals surface area (Å²) < 4.78 is 11.7. The number of hydrogen-bond donors (Lipinski definition) is 3. The molecular formula is C34H35N3O6S. The smallest absolute Gasteiger partial charge is 0.408 e. The summed E-state index contributed by atoms with van der Waals surface area (Å²) in [6.07, 6.45) is -0.294. The molecule has 2 heterocycles. The molecule has 4 aromatic rings. The van der Waals surface area contributed by atoms with Gasteiger partial charge in [-0.2, -0.15) is 0 Å². The summed E-state index contributed by atoms with van der Waals surface area (Å²) >= 11 is 1.55. The van der Waals surface area contributed by atoms with Crippen molar-refractivity contribution in [3.8, 4) is 0 Å². The minimum atomic E-state index is -1.02. The van der Waals surface area contributed by atoms with Crippen molar-refractivity contribution >= 4 is 45.1 Å². The third-order valence-electron chi connectivity index (χ3n) is 7.57. The lowest BCUT2D eigenvalue weighted by Crippen LogP contribution is -2.57. The van der Waals surface area contributed by atoms with Gasteiger partial charge in [-0.3, -0.25) is 14.4 Å². The highest BCUT2D eigenvalue weighted by atomic mass is 32.1. The van der Waals surface area contributed by atoms with E-state index in [0.717, 1.165) is 26.8 Å². The molecule has 10 heteroatoms. The Morgan fingerprint density at radius 1 is 0.818 bits per heavy atom. The SMILES string of the molecule is CC(NC(=O)OCc1ccccc1)C(=O)N[C@@H](Cc1csc2ccccc12)C(=O)NC(Cc1ccccc1)C(=O)C1(C)CO1. The van der Waals surface area contributed by atoms with Gasteiger partial charge >= 0.3 is 6.09 Å². The van der Waals surface area contributed by atoms with E-state index in [4.69, 9.17) is 9.47 Å². The molecule has 3 aromatic carbocycles. The summed E-state index contributed by atoms with van der Waals surface area (Å²) in [7, 11) is 0. The van der Waals surface area contributed by atoms with Gasteiger partial charge < -0.3 is 25.4 Å². The Hall–Kier alpha value is -4.54. The van der Waals surface area contributed by atoms with Gasteiger partial charge in [0.2, 0.25) is 11.8 Å². The van der Waals surface area contributed by atoms with Crippen molar-refractivity contribution in [2.24, 2.45) is 0 Å². The van der Waals surface area contributed by atoms with Crippen LogP contribution in [0.15, 0.2) is 90.3 Å². The third-order valence-corrected chi connectivity index (χ3v) is 8.59. The number of fused-ring (bicyclic) bond motifs is 1. The van der Waals surface area contributed by atoms with E-state index in [1.54, 1.807) is 18.3 Å². The second-order valence-electron chi connectivity index (χ2n) is 11.1. The number of nitrogens with one attached hydrogen (secondary N) is 3. The molecular weight excluding hydrogens is 578 g/mol. The van der Waals surface area contributed by atoms with Gasteiger partial charge in [0.15, 0.2) is 5.78 Å². The van der Waals surface area contributed by atoms with Gasteiger partial charge in [-0.15, -0.1) is 11.3 Å². The van der Waals surface area contributed by atoms with Gasteiger partial charge in [0.25, 0.3) is 0 Å². The standard InChI is InChI=1S/C34H35N3O6S/c1-22(35-33(41)42-19-24-13-7-4-8-14-24)31(39)37-28(18-25-20-44-29-16-10-9-15-26(25)29)32(40)36-27(30(38)34(2)21-43-34)17-23-11-5-3-6-12-23/h3-16,20,22,27-28H,17-19,21H2,1-2H3,(H,35,41)(H,36,40)(H,37,39)/t22?,27?,28-,34?/m0/s1. The molecule has 9 nitrogen and oxygen atoms in total. The molecule has 1 saturated heterocycles. The number of alkyl carbamates (subject to hydrolysis) is 1. The van der Waals surface area contributed by atoms with Crippen molar-refractivity contribution in [3.05, 3.63) is 107 Å². The molecule has 0 saturated carbocycles. The van der Waals surface area contributed by atoms with Crippen LogP contribution in [0.5, 0.6) is 0 Å². The largest absolute Gasteiger partial charge is 0.445 e. The maximum absolute atomic E-state index is 13.9. The molecule has 3 unspecified atom stereocenters. The predicted octanol–water partition coefficient (Wildman–Crippen LogP) is 4.33. The first-order valence-corrected chi connectivity index (χ1v) is 15.3. The number of amides is 3. The summed E-state index contributed by atoms with van der Waals surface area (Å²) in [6, 6.07) is 23.6. The van der Waals surface area contributed by atoms with Crippen LogP contribution in [0.25, 0.3) is 10.1 Å². The van der Waals surface area contributed by atoms with Crippen molar-refractivity contribution < 1.29 is 28.7 Å². The van der Waals surface area contributed by atoms with Gasteiger partial charge in [-0.25, -0.2) is 4.79 Å². The summed E-state index contributed by atoms with van der Waals surface area (Å²) in [5.74, 6) is -1.30. The molecule has 4 atom stereocenters. The van der Waals surface area contributed by atoms with E-state index in [0.29, 0.717) is 0 Å². The van der Waals surface area contributed by atoms with E-state index in [2.05, 4.69) is 16.0 Å². The van der Waals surface area contributed by atoms with Crippen molar-refractivity contribution in [3.63, 3.8) is 0 Å². The fraction of sp³-hybridized carbons (Fsp3) is 0.294. The van der Waals surface area contributed by atoms with Crippen LogP contribution in [0.1, 0.15) is 30.5 Å². The topological polar surface area (TPSA) is 126 Å². The fourth-order valence-corrected chi connectivity index (χ4v) is 5.85. The molecule has 44 heavy (non-hydrogen) atoms. The summed E-state index contributed by atoms with van der Waals surface area (Å²) in [4.78, 5) is 53.0. The van der Waals surface area contributed by atoms with Crippen LogP contribution in [0, 0.1) is 0 Å². The van der Waals surface area contributed by atoms with Gasteiger partial charge in [0, 0.05) is 11.1 Å². The lowest BCUT2D eigenvalue weighted by atomic mass is 9.94. The molecule has 228 valence electrons. The lowest BCUT2D eigenvalue weighted by molar-refractivity contribution is -0.133. The van der Waals surface area contributed by atoms with E-state index < -0.39 is 41.6 Å². The molecule has 3 amide bonds. The van der Waals surface area contributed by atoms with E-state index >= 15 is 0 Å². The van der Waals surface area contributed by atoms with Crippen LogP contribution in [-0.4, -0.2) is 54.0 Å². The molecule has 0 spiro atoms. The van der Waals surface area contributed by atoms with E-state index in [1.165, 1.54) is 6.92 Å². The Kier molecular flexibility index (Phi) is 9.72. The minimum absolute atomic E-state index is 0.0523. The molecule has 3 N–H and O–H groups in total. The van der Waals surface area contributed by atoms with E-state index in [9.17, 15) is 19.2 Å². The first-order chi connectivity index (χ1) is 21.2. The minimum Gasteiger partial charge on any atom is -0.445 e. The molecule has 1 fully saturated rings. The number of carbonyl (C=O) groups is 4. The van der Waals surface area contributed by atoms with Crippen LogP contribution in [0.3, 0.4) is 0 Å². The highest BCUT2D eigenvalue weighted by Crippen LogP contribution is 2.30. The van der Waals surface area contributed by atoms with Gasteiger partial charge in [0.1, 0.15) is 24.3 Å². The lowest BCUT2D eigenvalue weighted by Gasteiger charge is -2.25. The maximum Gasteiger partial charge on any atom is 0.408 e. The summed E-state index contributed by atoms with van der Waals surface area (Å²) in [5.41, 5.74) is 1.63. The molecule has 5 rings (SSSR count). The Bertz CT molecular complexity index is 1620. The zero-order valence-corrected chi connectivity index (χ0v) is 25.4. The monoisotopic (exact) mass is 613 g/mol. The number of hydrogen-bond acceptors (Lipinski definition) is 7. The van der Waals surface area contributed by atoms with E-state index in [-0.39, 0.29) is 31.8 Å². The number of carbonyl (C=O) groups excluding carboxylic acids is 4. The van der Waals surface area contributed by atoms with Gasteiger partial charge in [0.05, 0.1) is 12.6 Å². The van der Waals surface area contributed by atoms with Crippen molar-refractivity contribution in [2.45, 2.75) is 57.0 Å². The van der Waals surface area contributed by atoms with Crippen molar-refractivity contribution in [1.82, 2.24) is 16.0 Å². The number of thiophene rings is 1. The molecule has 1 aliphatic rings. The Morgan fingerprint density at radius 2 is 1.43 bits per heavy atom. The van der Waals surface area contributed by atoms with Gasteiger partial charge in [-0.1, -0.05) is 78.9 Å². The molecule has 1 aromatic heterocycles. The fourth-order valence-electron chi connectivity index (χ4n) is 4.87. The van der Waals surface area contributed by atoms with Crippen LogP contribution < -0.4 is 16.0 Å². The quantitative estimate of drug-likeness (QED) is 0.193. The summed E-state index contributed by atoms with van der Waals surface area (Å²) in [6.45, 7) is 3.57. The highest BCUT2D eigenvalue weighted by Gasteiger charge is 2.50. The van der Waals surface area contributed by atoms with Crippen LogP contribution in [0.4, 0.5) is 4.79 Å². The third kappa shape index (κ3) is 7.89. The summed E-state index contributed by atoms with van der Waals surface area (Å²) in [5, 5.41) is 11.2. The number of benzene rings is 3. The predicted molar refractivity (Wildman–Crippen MR) is 168 cm³/mol. The first-order valence-electron chi connectivity index (χ1n) is 14.5. The number of ketones is 1. The Morgan fingerprint density at radius 3 is 2.11 bits per heavy atom. The zero-order chi connectivity index (χ0) is 31.1. The van der Waals surface area contributed by atoms with Crippen LogP contribution in [-0.2, 0) is 43.3 Å². The number of Topliss-reactive ketones (excluding diaryl/α,β-unsaturated/α-hetero) is 1. The number of rotatable bonds is 13. The highest BCUT2D eigenvalue weighted by molar-refractivity contribution is 7.17. The van der Waals surface area contributed by atoms with E-state index in [1.807, 2.05) is 90.3 Å². The Labute approximate surface area is 259 Å². The van der Waals surface area contributed by atoms with Crippen LogP contribution in [0.2, 0.25) is 0 Å². The average molecular weight is 614 g/mol. The van der Waals surface area contributed by atoms with Crippen molar-refractivity contribution in [2.75, 3.05) is 6.61 Å².